The predicted molar refractivity (Wildman–Crippen MR) is 105 cm³/mol. The molecule has 4 saturated carbocycles. The van der Waals surface area contributed by atoms with E-state index in [0.29, 0.717) is 11.1 Å². The van der Waals surface area contributed by atoms with Crippen molar-refractivity contribution in [3.05, 3.63) is 33.2 Å². The number of H-pyrrole nitrogens is 1. The van der Waals surface area contributed by atoms with Crippen LogP contribution in [-0.2, 0) is 0 Å². The fraction of sp³-hybridized carbons (Fsp3) is 0.727. The molecule has 0 spiro atoms. The fourth-order valence-corrected chi connectivity index (χ4v) is 7.11. The lowest BCUT2D eigenvalue weighted by Crippen LogP contribution is -2.64. The molecule has 4 aliphatic carbocycles. The van der Waals surface area contributed by atoms with Gasteiger partial charge in [-0.3, -0.25) is 14.5 Å². The first-order valence-electron chi connectivity index (χ1n) is 10.7. The Balaban J connectivity index is 1.30. The third-order valence-electron chi connectivity index (χ3n) is 7.82. The maximum Gasteiger partial charge on any atom is 0.261 e. The fourth-order valence-electron chi connectivity index (χ4n) is 7.11. The molecule has 0 unspecified atom stereocenters. The molecule has 1 amide bonds. The number of rotatable bonds is 2. The van der Waals surface area contributed by atoms with Crippen molar-refractivity contribution in [2.75, 3.05) is 26.2 Å². The van der Waals surface area contributed by atoms with Crippen molar-refractivity contribution in [1.29, 1.82) is 0 Å². The van der Waals surface area contributed by atoms with Crippen LogP contribution in [0.25, 0.3) is 0 Å². The summed E-state index contributed by atoms with van der Waals surface area (Å²) < 4.78 is 0. The number of nitrogens with zero attached hydrogens (tertiary/aromatic N) is 2. The maximum absolute atomic E-state index is 13.0. The Hall–Kier alpha value is -1.62. The molecule has 1 N–H and O–H groups in total. The van der Waals surface area contributed by atoms with Crippen molar-refractivity contribution in [3.8, 4) is 0 Å². The molecule has 5 aliphatic rings. The Morgan fingerprint density at radius 2 is 1.56 bits per heavy atom. The second-order valence-corrected chi connectivity index (χ2v) is 9.76. The molecule has 1 aromatic rings. The summed E-state index contributed by atoms with van der Waals surface area (Å²) in [6, 6.07) is 1.89. The van der Waals surface area contributed by atoms with Crippen LogP contribution in [0.3, 0.4) is 0 Å². The lowest BCUT2D eigenvalue weighted by molar-refractivity contribution is -0.0987. The second-order valence-electron chi connectivity index (χ2n) is 9.76. The number of hydrogen-bond donors (Lipinski definition) is 1. The van der Waals surface area contributed by atoms with Gasteiger partial charge in [0.1, 0.15) is 5.56 Å². The minimum atomic E-state index is -0.249. The third-order valence-corrected chi connectivity index (χ3v) is 7.82. The largest absolute Gasteiger partial charge is 0.336 e. The number of carbonyl (C=O) groups excluding carboxylic acids is 1. The van der Waals surface area contributed by atoms with E-state index in [-0.39, 0.29) is 11.5 Å². The summed E-state index contributed by atoms with van der Waals surface area (Å²) in [5, 5.41) is 0. The smallest absolute Gasteiger partial charge is 0.261 e. The van der Waals surface area contributed by atoms with Gasteiger partial charge in [0, 0.05) is 37.4 Å². The first-order valence-corrected chi connectivity index (χ1v) is 10.7. The van der Waals surface area contributed by atoms with E-state index in [1.54, 1.807) is 0 Å². The quantitative estimate of drug-likeness (QED) is 0.872. The zero-order chi connectivity index (χ0) is 18.8. The van der Waals surface area contributed by atoms with Gasteiger partial charge in [-0.25, -0.2) is 0 Å². The molecule has 0 aromatic carbocycles. The van der Waals surface area contributed by atoms with Crippen molar-refractivity contribution >= 4 is 5.91 Å². The molecule has 6 rings (SSSR count). The van der Waals surface area contributed by atoms with Crippen LogP contribution < -0.4 is 5.56 Å². The molecular formula is C22H31N3O2. The van der Waals surface area contributed by atoms with Crippen molar-refractivity contribution < 1.29 is 4.79 Å². The van der Waals surface area contributed by atoms with Crippen LogP contribution in [0.4, 0.5) is 0 Å². The van der Waals surface area contributed by atoms with Gasteiger partial charge < -0.3 is 9.88 Å². The summed E-state index contributed by atoms with van der Waals surface area (Å²) in [4.78, 5) is 32.7. The Morgan fingerprint density at radius 1 is 1.00 bits per heavy atom. The SMILES string of the molecule is Cc1cc(C)c(C(=O)N2CCN(C34CC5CC(CC(C5)C3)C4)CC2)c(=O)[nH]1. The highest BCUT2D eigenvalue weighted by atomic mass is 16.2. The third kappa shape index (κ3) is 2.86. The average Bonchev–Trinajstić information content (AvgIpc) is 2.60. The van der Waals surface area contributed by atoms with Gasteiger partial charge in [-0.15, -0.1) is 0 Å². The van der Waals surface area contributed by atoms with Gasteiger partial charge in [-0.1, -0.05) is 0 Å². The number of aryl methyl sites for hydroxylation is 2. The first kappa shape index (κ1) is 17.5. The topological polar surface area (TPSA) is 56.4 Å². The number of amides is 1. The summed E-state index contributed by atoms with van der Waals surface area (Å²) in [5.74, 6) is 2.75. The standard InChI is InChI=1S/C22H31N3O2/c1-14-7-15(2)23-20(26)19(14)21(27)24-3-5-25(6-4-24)22-11-16-8-17(12-22)10-18(9-16)13-22/h7,16-18H,3-6,8-13H2,1-2H3,(H,23,26). The Kier molecular flexibility index (Phi) is 4.01. The van der Waals surface area contributed by atoms with Gasteiger partial charge in [0.05, 0.1) is 0 Å². The van der Waals surface area contributed by atoms with Crippen LogP contribution in [0, 0.1) is 31.6 Å². The molecule has 1 aliphatic heterocycles. The Labute approximate surface area is 161 Å². The van der Waals surface area contributed by atoms with Crippen molar-refractivity contribution in [2.45, 2.75) is 57.9 Å². The molecule has 27 heavy (non-hydrogen) atoms. The van der Waals surface area contributed by atoms with E-state index < -0.39 is 0 Å². The lowest BCUT2D eigenvalue weighted by Gasteiger charge is -2.61. The first-order chi connectivity index (χ1) is 12.9. The van der Waals surface area contributed by atoms with Crippen molar-refractivity contribution in [1.82, 2.24) is 14.8 Å². The van der Waals surface area contributed by atoms with Gasteiger partial charge in [-0.05, 0) is 81.8 Å². The van der Waals surface area contributed by atoms with Gasteiger partial charge in [0.25, 0.3) is 11.5 Å². The summed E-state index contributed by atoms with van der Waals surface area (Å²) in [7, 11) is 0. The van der Waals surface area contributed by atoms with E-state index in [1.807, 2.05) is 24.8 Å². The number of aromatic amines is 1. The zero-order valence-electron chi connectivity index (χ0n) is 16.6. The highest BCUT2D eigenvalue weighted by molar-refractivity contribution is 5.95. The second kappa shape index (κ2) is 6.20. The maximum atomic E-state index is 13.0. The molecule has 4 bridgehead atoms. The number of hydrogen-bond acceptors (Lipinski definition) is 3. The minimum absolute atomic E-state index is 0.0982. The van der Waals surface area contributed by atoms with Crippen molar-refractivity contribution in [3.63, 3.8) is 0 Å². The van der Waals surface area contributed by atoms with Gasteiger partial charge in [-0.2, -0.15) is 0 Å². The summed E-state index contributed by atoms with van der Waals surface area (Å²) >= 11 is 0. The Bertz CT molecular complexity index is 784. The average molecular weight is 370 g/mol. The lowest BCUT2D eigenvalue weighted by atomic mass is 9.52. The van der Waals surface area contributed by atoms with Crippen LogP contribution in [0.5, 0.6) is 0 Å². The molecule has 5 nitrogen and oxygen atoms in total. The summed E-state index contributed by atoms with van der Waals surface area (Å²) in [6.45, 7) is 7.12. The molecular weight excluding hydrogens is 338 g/mol. The number of aromatic nitrogens is 1. The number of carbonyl (C=O) groups is 1. The molecule has 146 valence electrons. The van der Waals surface area contributed by atoms with E-state index in [2.05, 4.69) is 9.88 Å². The molecule has 0 atom stereocenters. The zero-order valence-corrected chi connectivity index (χ0v) is 16.6. The van der Waals surface area contributed by atoms with E-state index >= 15 is 0 Å². The molecule has 2 heterocycles. The van der Waals surface area contributed by atoms with E-state index in [9.17, 15) is 9.59 Å². The minimum Gasteiger partial charge on any atom is -0.336 e. The summed E-state index contributed by atoms with van der Waals surface area (Å²) in [5.41, 5.74) is 2.08. The number of pyridine rings is 1. The van der Waals surface area contributed by atoms with Gasteiger partial charge in [0.15, 0.2) is 0 Å². The van der Waals surface area contributed by atoms with Gasteiger partial charge in [0.2, 0.25) is 0 Å². The van der Waals surface area contributed by atoms with Crippen LogP contribution in [0.1, 0.15) is 60.1 Å². The van der Waals surface area contributed by atoms with Crippen LogP contribution in [0.2, 0.25) is 0 Å². The molecule has 1 saturated heterocycles. The van der Waals surface area contributed by atoms with E-state index in [4.69, 9.17) is 0 Å². The van der Waals surface area contributed by atoms with Crippen LogP contribution in [0.15, 0.2) is 10.9 Å². The van der Waals surface area contributed by atoms with Crippen LogP contribution >= 0.6 is 0 Å². The number of piperazine rings is 1. The normalized spacial score (nSPS) is 35.6. The molecule has 5 heteroatoms. The predicted octanol–water partition coefficient (Wildman–Crippen LogP) is 2.72. The number of nitrogens with one attached hydrogen (secondary N) is 1. The Morgan fingerprint density at radius 3 is 2.07 bits per heavy atom. The van der Waals surface area contributed by atoms with E-state index in [0.717, 1.165) is 55.2 Å². The molecule has 5 fully saturated rings. The highest BCUT2D eigenvalue weighted by Gasteiger charge is 2.53. The van der Waals surface area contributed by atoms with Crippen molar-refractivity contribution in [2.24, 2.45) is 17.8 Å². The molecule has 1 aromatic heterocycles. The highest BCUT2D eigenvalue weighted by Crippen LogP contribution is 2.57. The van der Waals surface area contributed by atoms with E-state index in [1.165, 1.54) is 38.5 Å². The summed E-state index contributed by atoms with van der Waals surface area (Å²) in [6.07, 6.45) is 8.53. The molecule has 0 radical (unpaired) electrons. The monoisotopic (exact) mass is 369 g/mol. The van der Waals surface area contributed by atoms with Gasteiger partial charge >= 0.3 is 0 Å². The van der Waals surface area contributed by atoms with Crippen LogP contribution in [-0.4, -0.2) is 52.4 Å².